The first-order valence-corrected chi connectivity index (χ1v) is 8.82. The lowest BCUT2D eigenvalue weighted by atomic mass is 10.3. The zero-order chi connectivity index (χ0) is 16.3. The summed E-state index contributed by atoms with van der Waals surface area (Å²) >= 11 is 0. The molecule has 0 radical (unpaired) electrons. The predicted octanol–water partition coefficient (Wildman–Crippen LogP) is 2.80. The average molecular weight is 320 g/mol. The molecule has 118 valence electrons. The van der Waals surface area contributed by atoms with Crippen molar-refractivity contribution in [2.24, 2.45) is 4.36 Å². The van der Waals surface area contributed by atoms with Crippen LogP contribution in [-0.2, 0) is 9.73 Å². The zero-order valence-electron chi connectivity index (χ0n) is 13.1. The molecule has 0 aliphatic rings. The van der Waals surface area contributed by atoms with Crippen LogP contribution in [0.2, 0.25) is 0 Å². The minimum atomic E-state index is -2.42. The summed E-state index contributed by atoms with van der Waals surface area (Å²) in [5.74, 6) is -0.299. The van der Waals surface area contributed by atoms with Gasteiger partial charge < -0.3 is 5.32 Å². The van der Waals surface area contributed by atoms with Gasteiger partial charge in [0.2, 0.25) is 0 Å². The number of carbonyl (C=O) groups excluding carboxylic acids is 1. The highest BCUT2D eigenvalue weighted by Gasteiger charge is 2.12. The number of amides is 1. The van der Waals surface area contributed by atoms with E-state index in [2.05, 4.69) is 14.8 Å². The predicted molar refractivity (Wildman–Crippen MR) is 87.7 cm³/mol. The Balaban J connectivity index is 2.22. The molecule has 22 heavy (non-hydrogen) atoms. The molecule has 0 aliphatic heterocycles. The number of nitrogens with zero attached hydrogens (tertiary/aromatic N) is 3. The van der Waals surface area contributed by atoms with Gasteiger partial charge in [-0.05, 0) is 38.1 Å². The van der Waals surface area contributed by atoms with Crippen LogP contribution < -0.4 is 5.32 Å². The molecule has 0 aliphatic carbocycles. The highest BCUT2D eigenvalue weighted by Crippen LogP contribution is 2.17. The number of nitrogens with one attached hydrogen (secondary N) is 1. The Morgan fingerprint density at radius 1 is 1.36 bits per heavy atom. The number of rotatable bonds is 4. The van der Waals surface area contributed by atoms with Gasteiger partial charge in [-0.15, -0.1) is 0 Å². The standard InChI is InChI=1S/C15H20N4O2S/c1-11(2)19-9-8-14(18-19)15(20)17-12-6-5-7-13(10-12)22(4,21)16-3/h5-11H,1-4H3,(H,17,20)/t22-/m0/s1. The Kier molecular flexibility index (Phi) is 4.65. The summed E-state index contributed by atoms with van der Waals surface area (Å²) in [6.07, 6.45) is 3.34. The fourth-order valence-electron chi connectivity index (χ4n) is 1.86. The molecular formula is C15H20N4O2S. The first-order valence-electron chi connectivity index (χ1n) is 6.90. The van der Waals surface area contributed by atoms with Crippen LogP contribution in [0.4, 0.5) is 5.69 Å². The van der Waals surface area contributed by atoms with Crippen LogP contribution in [0.3, 0.4) is 0 Å². The number of aromatic nitrogens is 2. The largest absolute Gasteiger partial charge is 0.321 e. The van der Waals surface area contributed by atoms with Gasteiger partial charge in [0.05, 0.1) is 9.73 Å². The highest BCUT2D eigenvalue weighted by atomic mass is 32.2. The van der Waals surface area contributed by atoms with Crippen LogP contribution in [0.25, 0.3) is 0 Å². The minimum Gasteiger partial charge on any atom is -0.321 e. The highest BCUT2D eigenvalue weighted by molar-refractivity contribution is 7.93. The summed E-state index contributed by atoms with van der Waals surface area (Å²) in [4.78, 5) is 12.8. The smallest absolute Gasteiger partial charge is 0.276 e. The van der Waals surface area contributed by atoms with Crippen molar-refractivity contribution in [3.8, 4) is 0 Å². The van der Waals surface area contributed by atoms with Crippen LogP contribution >= 0.6 is 0 Å². The number of benzene rings is 1. The van der Waals surface area contributed by atoms with Crippen LogP contribution in [0.5, 0.6) is 0 Å². The molecule has 0 spiro atoms. The van der Waals surface area contributed by atoms with Crippen molar-refractivity contribution in [2.45, 2.75) is 24.8 Å². The Morgan fingerprint density at radius 2 is 2.09 bits per heavy atom. The van der Waals surface area contributed by atoms with Crippen molar-refractivity contribution in [3.05, 3.63) is 42.2 Å². The van der Waals surface area contributed by atoms with Gasteiger partial charge in [0.1, 0.15) is 0 Å². The van der Waals surface area contributed by atoms with Gasteiger partial charge in [-0.2, -0.15) is 5.10 Å². The molecule has 1 aromatic heterocycles. The quantitative estimate of drug-likeness (QED) is 0.941. The summed E-state index contributed by atoms with van der Waals surface area (Å²) in [7, 11) is -0.904. The molecule has 2 aromatic rings. The monoisotopic (exact) mass is 320 g/mol. The molecule has 0 unspecified atom stereocenters. The van der Waals surface area contributed by atoms with Gasteiger partial charge in [-0.1, -0.05) is 6.07 Å². The normalized spacial score (nSPS) is 13.7. The molecule has 0 bridgehead atoms. The van der Waals surface area contributed by atoms with Crippen molar-refractivity contribution in [1.82, 2.24) is 9.78 Å². The van der Waals surface area contributed by atoms with E-state index in [1.807, 2.05) is 13.8 Å². The maximum absolute atomic E-state index is 12.2. The maximum Gasteiger partial charge on any atom is 0.276 e. The van der Waals surface area contributed by atoms with Gasteiger partial charge in [0.25, 0.3) is 5.91 Å². The van der Waals surface area contributed by atoms with E-state index < -0.39 is 9.73 Å². The van der Waals surface area contributed by atoms with E-state index in [1.54, 1.807) is 47.5 Å². The van der Waals surface area contributed by atoms with Crippen molar-refractivity contribution >= 4 is 21.3 Å². The molecule has 6 nitrogen and oxygen atoms in total. The molecule has 1 amide bonds. The van der Waals surface area contributed by atoms with Crippen LogP contribution in [0, 0.1) is 0 Å². The van der Waals surface area contributed by atoms with E-state index in [-0.39, 0.29) is 11.9 Å². The molecule has 2 rings (SSSR count). The number of carbonyl (C=O) groups is 1. The van der Waals surface area contributed by atoms with Crippen molar-refractivity contribution in [1.29, 1.82) is 0 Å². The maximum atomic E-state index is 12.2. The molecule has 1 N–H and O–H groups in total. The van der Waals surface area contributed by atoms with E-state index in [9.17, 15) is 9.00 Å². The Morgan fingerprint density at radius 3 is 2.68 bits per heavy atom. The van der Waals surface area contributed by atoms with Gasteiger partial charge in [0.15, 0.2) is 5.69 Å². The van der Waals surface area contributed by atoms with E-state index in [1.165, 1.54) is 7.05 Å². The fraction of sp³-hybridized carbons (Fsp3) is 0.333. The Labute approximate surface area is 130 Å². The van der Waals surface area contributed by atoms with Gasteiger partial charge in [-0.3, -0.25) is 9.48 Å². The summed E-state index contributed by atoms with van der Waals surface area (Å²) in [5, 5.41) is 6.99. The summed E-state index contributed by atoms with van der Waals surface area (Å²) < 4.78 is 17.9. The first kappa shape index (κ1) is 16.2. The van der Waals surface area contributed by atoms with Crippen LogP contribution in [0.1, 0.15) is 30.4 Å². The molecule has 7 heteroatoms. The van der Waals surface area contributed by atoms with Crippen LogP contribution in [0.15, 0.2) is 45.8 Å². The fourth-order valence-corrected chi connectivity index (χ4v) is 2.74. The van der Waals surface area contributed by atoms with Crippen molar-refractivity contribution < 1.29 is 9.00 Å². The number of hydrogen-bond donors (Lipinski definition) is 1. The third kappa shape index (κ3) is 3.54. The lowest BCUT2D eigenvalue weighted by molar-refractivity contribution is 0.102. The van der Waals surface area contributed by atoms with E-state index in [4.69, 9.17) is 0 Å². The Hall–Kier alpha value is -2.15. The molecule has 0 fully saturated rings. The average Bonchev–Trinajstić information content (AvgIpc) is 2.97. The molecule has 1 atom stereocenters. The lowest BCUT2D eigenvalue weighted by Gasteiger charge is -2.08. The second kappa shape index (κ2) is 6.31. The molecular weight excluding hydrogens is 300 g/mol. The molecule has 0 saturated heterocycles. The lowest BCUT2D eigenvalue weighted by Crippen LogP contribution is -2.14. The second-order valence-electron chi connectivity index (χ2n) is 5.24. The Bertz CT molecular complexity index is 801. The van der Waals surface area contributed by atoms with Crippen LogP contribution in [-0.4, -0.2) is 33.2 Å². The SMILES string of the molecule is CN=[S@@](C)(=O)c1cccc(NC(=O)c2ccn(C(C)C)n2)c1. The first-order chi connectivity index (χ1) is 10.3. The van der Waals surface area contributed by atoms with Gasteiger partial charge in [-0.25, -0.2) is 8.57 Å². The van der Waals surface area contributed by atoms with Gasteiger partial charge in [0, 0.05) is 36.1 Å². The molecule has 1 heterocycles. The molecule has 1 aromatic carbocycles. The topological polar surface area (TPSA) is 76.3 Å². The van der Waals surface area contributed by atoms with Crippen molar-refractivity contribution in [2.75, 3.05) is 18.6 Å². The van der Waals surface area contributed by atoms with E-state index in [0.717, 1.165) is 0 Å². The summed E-state index contributed by atoms with van der Waals surface area (Å²) in [6.45, 7) is 3.98. The zero-order valence-corrected chi connectivity index (χ0v) is 13.9. The number of hydrogen-bond acceptors (Lipinski definition) is 4. The molecule has 0 saturated carbocycles. The second-order valence-corrected chi connectivity index (χ2v) is 7.68. The third-order valence-corrected chi connectivity index (χ3v) is 5.07. The van der Waals surface area contributed by atoms with E-state index >= 15 is 0 Å². The third-order valence-electron chi connectivity index (χ3n) is 3.25. The summed E-state index contributed by atoms with van der Waals surface area (Å²) in [6, 6.07) is 8.76. The minimum absolute atomic E-state index is 0.195. The van der Waals surface area contributed by atoms with E-state index in [0.29, 0.717) is 16.3 Å². The van der Waals surface area contributed by atoms with Gasteiger partial charge >= 0.3 is 0 Å². The number of anilines is 1. The van der Waals surface area contributed by atoms with Crippen molar-refractivity contribution in [3.63, 3.8) is 0 Å². The summed E-state index contributed by atoms with van der Waals surface area (Å²) in [5.41, 5.74) is 0.913.